The Morgan fingerprint density at radius 2 is 2.32 bits per heavy atom. The van der Waals surface area contributed by atoms with E-state index in [0.717, 1.165) is 48.5 Å². The van der Waals surface area contributed by atoms with Crippen molar-refractivity contribution in [2.45, 2.75) is 32.4 Å². The Bertz CT molecular complexity index is 809. The van der Waals surface area contributed by atoms with Gasteiger partial charge in [0.1, 0.15) is 17.9 Å². The number of hydrogen-bond acceptors (Lipinski definition) is 4. The third-order valence-electron chi connectivity index (χ3n) is 4.17. The SMILES string of the molecule is Cc1nc(CN2CCC[C@H]2c2nc3ccc(F)cc3[nH]2)co1. The van der Waals surface area contributed by atoms with Crippen LogP contribution in [0.25, 0.3) is 11.0 Å². The highest BCUT2D eigenvalue weighted by atomic mass is 19.1. The first-order chi connectivity index (χ1) is 10.7. The second-order valence-electron chi connectivity index (χ2n) is 5.77. The molecule has 0 unspecified atom stereocenters. The van der Waals surface area contributed by atoms with E-state index in [9.17, 15) is 4.39 Å². The quantitative estimate of drug-likeness (QED) is 0.806. The summed E-state index contributed by atoms with van der Waals surface area (Å²) in [6.07, 6.45) is 3.87. The van der Waals surface area contributed by atoms with E-state index in [4.69, 9.17) is 4.42 Å². The molecule has 0 amide bonds. The van der Waals surface area contributed by atoms with E-state index >= 15 is 0 Å². The number of oxazole rings is 1. The van der Waals surface area contributed by atoms with Crippen LogP contribution in [0.1, 0.15) is 36.3 Å². The lowest BCUT2D eigenvalue weighted by atomic mass is 10.2. The number of H-pyrrole nitrogens is 1. The van der Waals surface area contributed by atoms with Gasteiger partial charge in [0.15, 0.2) is 5.89 Å². The Labute approximate surface area is 127 Å². The zero-order valence-corrected chi connectivity index (χ0v) is 12.3. The molecule has 3 aromatic rings. The van der Waals surface area contributed by atoms with Crippen molar-refractivity contribution < 1.29 is 8.81 Å². The number of halogens is 1. The lowest BCUT2D eigenvalue weighted by molar-refractivity contribution is 0.238. The van der Waals surface area contributed by atoms with Gasteiger partial charge in [0.2, 0.25) is 0 Å². The van der Waals surface area contributed by atoms with Crippen molar-refractivity contribution in [3.63, 3.8) is 0 Å². The topological polar surface area (TPSA) is 58.0 Å². The summed E-state index contributed by atoms with van der Waals surface area (Å²) in [5.74, 6) is 1.34. The number of imidazole rings is 1. The van der Waals surface area contributed by atoms with Gasteiger partial charge in [-0.05, 0) is 37.6 Å². The zero-order chi connectivity index (χ0) is 15.1. The van der Waals surface area contributed by atoms with Crippen LogP contribution in [0, 0.1) is 12.7 Å². The largest absolute Gasteiger partial charge is 0.449 e. The minimum Gasteiger partial charge on any atom is -0.449 e. The van der Waals surface area contributed by atoms with Gasteiger partial charge < -0.3 is 9.40 Å². The number of likely N-dealkylation sites (tertiary alicyclic amines) is 1. The molecule has 22 heavy (non-hydrogen) atoms. The zero-order valence-electron chi connectivity index (χ0n) is 12.3. The fraction of sp³-hybridized carbons (Fsp3) is 0.375. The molecule has 1 saturated heterocycles. The molecule has 0 saturated carbocycles. The summed E-state index contributed by atoms with van der Waals surface area (Å²) in [6.45, 7) is 3.59. The van der Waals surface area contributed by atoms with E-state index in [-0.39, 0.29) is 11.9 Å². The van der Waals surface area contributed by atoms with Gasteiger partial charge in [-0.25, -0.2) is 14.4 Å². The van der Waals surface area contributed by atoms with Gasteiger partial charge in [-0.3, -0.25) is 4.90 Å². The molecule has 4 rings (SSSR count). The average Bonchev–Trinajstić information content (AvgIpc) is 3.18. The monoisotopic (exact) mass is 300 g/mol. The van der Waals surface area contributed by atoms with Crippen molar-refractivity contribution in [2.24, 2.45) is 0 Å². The normalized spacial score (nSPS) is 19.3. The fourth-order valence-electron chi connectivity index (χ4n) is 3.17. The van der Waals surface area contributed by atoms with Crippen molar-refractivity contribution in [3.05, 3.63) is 47.7 Å². The molecule has 6 heteroatoms. The molecule has 1 N–H and O–H groups in total. The van der Waals surface area contributed by atoms with Crippen LogP contribution >= 0.6 is 0 Å². The van der Waals surface area contributed by atoms with Crippen LogP contribution in [-0.4, -0.2) is 26.4 Å². The maximum atomic E-state index is 13.3. The third kappa shape index (κ3) is 2.39. The number of benzene rings is 1. The summed E-state index contributed by atoms with van der Waals surface area (Å²) in [6, 6.07) is 4.86. The molecule has 1 aromatic carbocycles. The van der Waals surface area contributed by atoms with Gasteiger partial charge in [0.25, 0.3) is 0 Å². The molecule has 0 bridgehead atoms. The van der Waals surface area contributed by atoms with E-state index in [1.165, 1.54) is 12.1 Å². The van der Waals surface area contributed by atoms with Gasteiger partial charge in [0, 0.05) is 13.5 Å². The van der Waals surface area contributed by atoms with Crippen LogP contribution in [-0.2, 0) is 6.54 Å². The summed E-state index contributed by atoms with van der Waals surface area (Å²) < 4.78 is 18.6. The molecule has 0 aliphatic carbocycles. The van der Waals surface area contributed by atoms with Crippen LogP contribution < -0.4 is 0 Å². The second-order valence-corrected chi connectivity index (χ2v) is 5.77. The van der Waals surface area contributed by atoms with E-state index in [1.807, 2.05) is 6.92 Å². The molecular formula is C16H17FN4O. The molecule has 1 aliphatic heterocycles. The Morgan fingerprint density at radius 1 is 1.41 bits per heavy atom. The Balaban J connectivity index is 1.61. The number of nitrogens with one attached hydrogen (secondary N) is 1. The van der Waals surface area contributed by atoms with Crippen LogP contribution in [0.2, 0.25) is 0 Å². The van der Waals surface area contributed by atoms with Gasteiger partial charge in [-0.1, -0.05) is 0 Å². The molecule has 1 atom stereocenters. The number of nitrogens with zero attached hydrogens (tertiary/aromatic N) is 3. The maximum absolute atomic E-state index is 13.3. The number of fused-ring (bicyclic) bond motifs is 1. The smallest absolute Gasteiger partial charge is 0.191 e. The molecule has 0 radical (unpaired) electrons. The van der Waals surface area contributed by atoms with E-state index in [0.29, 0.717) is 5.89 Å². The third-order valence-corrected chi connectivity index (χ3v) is 4.17. The lowest BCUT2D eigenvalue weighted by Crippen LogP contribution is -2.23. The predicted octanol–water partition coefficient (Wildman–Crippen LogP) is 3.34. The summed E-state index contributed by atoms with van der Waals surface area (Å²) >= 11 is 0. The van der Waals surface area contributed by atoms with Crippen LogP contribution in [0.3, 0.4) is 0 Å². The molecule has 3 heterocycles. The van der Waals surface area contributed by atoms with Gasteiger partial charge in [-0.2, -0.15) is 0 Å². The van der Waals surface area contributed by atoms with E-state index in [1.54, 1.807) is 12.3 Å². The Kier molecular flexibility index (Phi) is 3.18. The molecule has 1 aliphatic rings. The standard InChI is InChI=1S/C16H17FN4O/c1-10-18-12(9-22-10)8-21-6-2-3-15(21)16-19-13-5-4-11(17)7-14(13)20-16/h4-5,7,9,15H,2-3,6,8H2,1H3,(H,19,20)/t15-/m0/s1. The Hall–Kier alpha value is -2.21. The van der Waals surface area contributed by atoms with Crippen molar-refractivity contribution in [1.29, 1.82) is 0 Å². The number of aromatic amines is 1. The molecule has 1 fully saturated rings. The average molecular weight is 300 g/mol. The summed E-state index contributed by atoms with van der Waals surface area (Å²) in [5.41, 5.74) is 2.49. The lowest BCUT2D eigenvalue weighted by Gasteiger charge is -2.21. The maximum Gasteiger partial charge on any atom is 0.191 e. The summed E-state index contributed by atoms with van der Waals surface area (Å²) in [5, 5.41) is 0. The van der Waals surface area contributed by atoms with Crippen molar-refractivity contribution in [1.82, 2.24) is 19.9 Å². The molecule has 5 nitrogen and oxygen atoms in total. The number of hydrogen-bond donors (Lipinski definition) is 1. The Morgan fingerprint density at radius 3 is 3.14 bits per heavy atom. The summed E-state index contributed by atoms with van der Waals surface area (Å²) in [4.78, 5) is 14.6. The highest BCUT2D eigenvalue weighted by Crippen LogP contribution is 2.32. The molecule has 2 aromatic heterocycles. The number of aryl methyl sites for hydroxylation is 1. The van der Waals surface area contributed by atoms with Crippen molar-refractivity contribution in [3.8, 4) is 0 Å². The number of rotatable bonds is 3. The number of aromatic nitrogens is 3. The van der Waals surface area contributed by atoms with Crippen molar-refractivity contribution in [2.75, 3.05) is 6.54 Å². The van der Waals surface area contributed by atoms with Crippen molar-refractivity contribution >= 4 is 11.0 Å². The van der Waals surface area contributed by atoms with Gasteiger partial charge in [0.05, 0.1) is 22.8 Å². The minimum absolute atomic E-state index is 0.215. The molecule has 114 valence electrons. The van der Waals surface area contributed by atoms with E-state index < -0.39 is 0 Å². The van der Waals surface area contributed by atoms with Crippen LogP contribution in [0.4, 0.5) is 4.39 Å². The first kappa shape index (κ1) is 13.5. The fourth-order valence-corrected chi connectivity index (χ4v) is 3.17. The summed E-state index contributed by atoms with van der Waals surface area (Å²) in [7, 11) is 0. The molecular weight excluding hydrogens is 283 g/mol. The van der Waals surface area contributed by atoms with Crippen LogP contribution in [0.15, 0.2) is 28.9 Å². The minimum atomic E-state index is -0.246. The van der Waals surface area contributed by atoms with E-state index in [2.05, 4.69) is 19.9 Å². The van der Waals surface area contributed by atoms with Crippen LogP contribution in [0.5, 0.6) is 0 Å². The second kappa shape index (κ2) is 5.21. The first-order valence-corrected chi connectivity index (χ1v) is 7.49. The van der Waals surface area contributed by atoms with Gasteiger partial charge in [-0.15, -0.1) is 0 Å². The first-order valence-electron chi connectivity index (χ1n) is 7.49. The predicted molar refractivity (Wildman–Crippen MR) is 79.7 cm³/mol. The molecule has 0 spiro atoms. The van der Waals surface area contributed by atoms with Gasteiger partial charge >= 0.3 is 0 Å². The highest BCUT2D eigenvalue weighted by Gasteiger charge is 2.29. The highest BCUT2D eigenvalue weighted by molar-refractivity contribution is 5.75.